The Balaban J connectivity index is 2.43. The molecule has 0 amide bonds. The maximum absolute atomic E-state index is 10.2. The lowest BCUT2D eigenvalue weighted by molar-refractivity contribution is 0.317. The lowest BCUT2D eigenvalue weighted by Gasteiger charge is -2.09. The Kier molecular flexibility index (Phi) is 5.88. The molecule has 7 heteroatoms. The van der Waals surface area contributed by atoms with Crippen molar-refractivity contribution in [2.24, 2.45) is 4.99 Å². The van der Waals surface area contributed by atoms with Crippen LogP contribution in [0.3, 0.4) is 0 Å². The van der Waals surface area contributed by atoms with Crippen molar-refractivity contribution in [3.63, 3.8) is 0 Å². The summed E-state index contributed by atoms with van der Waals surface area (Å²) in [5.74, 6) is 0.545. The number of phenolic OH excluding ortho intramolecular Hbond substituents is 2. The predicted molar refractivity (Wildman–Crippen MR) is 97.7 cm³/mol. The average Bonchev–Trinajstić information content (AvgIpc) is 2.42. The first-order valence-corrected chi connectivity index (χ1v) is 8.67. The highest BCUT2D eigenvalue weighted by molar-refractivity contribution is 9.11. The van der Waals surface area contributed by atoms with Gasteiger partial charge in [0.05, 0.1) is 12.3 Å². The number of benzene rings is 2. The molecule has 0 aliphatic carbocycles. The van der Waals surface area contributed by atoms with Gasteiger partial charge in [0.2, 0.25) is 0 Å². The van der Waals surface area contributed by atoms with E-state index in [9.17, 15) is 10.2 Å². The van der Waals surface area contributed by atoms with Gasteiger partial charge in [-0.2, -0.15) is 0 Å². The topological polar surface area (TPSA) is 62.0 Å². The molecule has 2 rings (SSSR count). The quantitative estimate of drug-likeness (QED) is 0.550. The van der Waals surface area contributed by atoms with Crippen molar-refractivity contribution in [1.29, 1.82) is 0 Å². The molecule has 0 bridgehead atoms. The molecule has 0 radical (unpaired) electrons. The van der Waals surface area contributed by atoms with E-state index in [4.69, 9.17) is 4.74 Å². The van der Waals surface area contributed by atoms with Crippen LogP contribution in [-0.4, -0.2) is 23.0 Å². The Morgan fingerprint density at radius 2 is 1.73 bits per heavy atom. The standard InChI is InChI=1S/C15H12Br3NO3/c1-2-22-13-4-9(16)3-8(15(13)21)7-19-14-11(17)5-10(20)6-12(14)18/h3-7,20-21H,2H2,1H3. The summed E-state index contributed by atoms with van der Waals surface area (Å²) in [6.45, 7) is 2.30. The van der Waals surface area contributed by atoms with E-state index in [0.717, 1.165) is 4.47 Å². The fourth-order valence-corrected chi connectivity index (χ4v) is 3.59. The van der Waals surface area contributed by atoms with Crippen LogP contribution in [0, 0.1) is 0 Å². The molecule has 0 atom stereocenters. The molecule has 0 aliphatic rings. The molecule has 0 heterocycles. The van der Waals surface area contributed by atoms with Crippen molar-refractivity contribution in [1.82, 2.24) is 0 Å². The average molecular weight is 494 g/mol. The zero-order valence-corrected chi connectivity index (χ0v) is 16.2. The van der Waals surface area contributed by atoms with Crippen LogP contribution >= 0.6 is 47.8 Å². The van der Waals surface area contributed by atoms with Gasteiger partial charge in [0.1, 0.15) is 5.75 Å². The number of halogens is 3. The first-order valence-electron chi connectivity index (χ1n) is 6.29. The number of rotatable bonds is 4. The summed E-state index contributed by atoms with van der Waals surface area (Å²) in [5, 5.41) is 19.7. The van der Waals surface area contributed by atoms with Crippen LogP contribution in [0.1, 0.15) is 12.5 Å². The SMILES string of the molecule is CCOc1cc(Br)cc(C=Nc2c(Br)cc(O)cc2Br)c1O. The number of aromatic hydroxyl groups is 2. The second kappa shape index (κ2) is 7.48. The van der Waals surface area contributed by atoms with Crippen molar-refractivity contribution < 1.29 is 14.9 Å². The fraction of sp³-hybridized carbons (Fsp3) is 0.133. The largest absolute Gasteiger partial charge is 0.508 e. The van der Waals surface area contributed by atoms with E-state index in [0.29, 0.717) is 32.6 Å². The third-order valence-electron chi connectivity index (χ3n) is 2.70. The van der Waals surface area contributed by atoms with Crippen LogP contribution in [0.15, 0.2) is 42.7 Å². The van der Waals surface area contributed by atoms with Crippen molar-refractivity contribution >= 4 is 59.7 Å². The Hall–Kier alpha value is -1.05. The summed E-state index contributed by atoms with van der Waals surface area (Å²) < 4.78 is 7.43. The number of phenols is 2. The van der Waals surface area contributed by atoms with Gasteiger partial charge in [-0.1, -0.05) is 15.9 Å². The highest BCUT2D eigenvalue weighted by atomic mass is 79.9. The Morgan fingerprint density at radius 1 is 1.09 bits per heavy atom. The molecule has 2 aromatic rings. The van der Waals surface area contributed by atoms with Gasteiger partial charge in [-0.25, -0.2) is 0 Å². The summed E-state index contributed by atoms with van der Waals surface area (Å²) >= 11 is 10.1. The molecule has 0 fully saturated rings. The summed E-state index contributed by atoms with van der Waals surface area (Å²) in [7, 11) is 0. The van der Waals surface area contributed by atoms with Crippen LogP contribution in [0.25, 0.3) is 0 Å². The van der Waals surface area contributed by atoms with Crippen molar-refractivity contribution in [2.45, 2.75) is 6.92 Å². The number of ether oxygens (including phenoxy) is 1. The van der Waals surface area contributed by atoms with Crippen molar-refractivity contribution in [3.8, 4) is 17.2 Å². The third-order valence-corrected chi connectivity index (χ3v) is 4.37. The summed E-state index contributed by atoms with van der Waals surface area (Å²) in [5.41, 5.74) is 1.12. The maximum atomic E-state index is 10.2. The second-order valence-electron chi connectivity index (χ2n) is 4.29. The predicted octanol–water partition coefficient (Wildman–Crippen LogP) is 5.53. The van der Waals surface area contributed by atoms with E-state index in [1.54, 1.807) is 24.3 Å². The smallest absolute Gasteiger partial charge is 0.166 e. The van der Waals surface area contributed by atoms with Gasteiger partial charge in [-0.3, -0.25) is 4.99 Å². The minimum atomic E-state index is 0.0276. The van der Waals surface area contributed by atoms with E-state index in [-0.39, 0.29) is 11.5 Å². The Labute approximate surface area is 153 Å². The molecular weight excluding hydrogens is 482 g/mol. The molecular formula is C15H12Br3NO3. The Bertz CT molecular complexity index is 709. The molecule has 0 aromatic heterocycles. The van der Waals surface area contributed by atoms with Crippen LogP contribution in [0.2, 0.25) is 0 Å². The highest BCUT2D eigenvalue weighted by Crippen LogP contribution is 2.38. The lowest BCUT2D eigenvalue weighted by Crippen LogP contribution is -1.94. The van der Waals surface area contributed by atoms with Crippen LogP contribution in [0.5, 0.6) is 17.2 Å². The maximum Gasteiger partial charge on any atom is 0.166 e. The minimum Gasteiger partial charge on any atom is -0.508 e. The number of aliphatic imine (C=N–C) groups is 1. The van der Waals surface area contributed by atoms with Gasteiger partial charge in [-0.15, -0.1) is 0 Å². The molecule has 2 aromatic carbocycles. The second-order valence-corrected chi connectivity index (χ2v) is 6.92. The van der Waals surface area contributed by atoms with Gasteiger partial charge in [0.25, 0.3) is 0 Å². The molecule has 4 nitrogen and oxygen atoms in total. The van der Waals surface area contributed by atoms with Gasteiger partial charge in [0.15, 0.2) is 11.5 Å². The molecule has 0 saturated heterocycles. The summed E-state index contributed by atoms with van der Waals surface area (Å²) in [6.07, 6.45) is 1.53. The Morgan fingerprint density at radius 3 is 2.32 bits per heavy atom. The van der Waals surface area contributed by atoms with E-state index in [1.165, 1.54) is 6.21 Å². The summed E-state index contributed by atoms with van der Waals surface area (Å²) in [6, 6.07) is 6.53. The monoisotopic (exact) mass is 491 g/mol. The van der Waals surface area contributed by atoms with Gasteiger partial charge < -0.3 is 14.9 Å². The molecule has 0 unspecified atom stereocenters. The number of hydrogen-bond donors (Lipinski definition) is 2. The van der Waals surface area contributed by atoms with Crippen molar-refractivity contribution in [2.75, 3.05) is 6.61 Å². The van der Waals surface area contributed by atoms with Gasteiger partial charge in [0, 0.05) is 25.2 Å². The van der Waals surface area contributed by atoms with Crippen LogP contribution in [-0.2, 0) is 0 Å². The minimum absolute atomic E-state index is 0.0276. The normalized spacial score (nSPS) is 11.1. The zero-order chi connectivity index (χ0) is 16.3. The molecule has 0 aliphatic heterocycles. The van der Waals surface area contributed by atoms with E-state index in [1.807, 2.05) is 6.92 Å². The van der Waals surface area contributed by atoms with Crippen LogP contribution in [0.4, 0.5) is 5.69 Å². The third kappa shape index (κ3) is 4.02. The fourth-order valence-electron chi connectivity index (χ4n) is 1.77. The molecule has 2 N–H and O–H groups in total. The first kappa shape index (κ1) is 17.3. The molecule has 22 heavy (non-hydrogen) atoms. The zero-order valence-electron chi connectivity index (χ0n) is 11.5. The van der Waals surface area contributed by atoms with Gasteiger partial charge >= 0.3 is 0 Å². The first-order chi connectivity index (χ1) is 10.4. The van der Waals surface area contributed by atoms with E-state index in [2.05, 4.69) is 52.8 Å². The molecule has 0 spiro atoms. The lowest BCUT2D eigenvalue weighted by atomic mass is 10.2. The van der Waals surface area contributed by atoms with E-state index >= 15 is 0 Å². The summed E-state index contributed by atoms with van der Waals surface area (Å²) in [4.78, 5) is 4.35. The molecule has 0 saturated carbocycles. The van der Waals surface area contributed by atoms with E-state index < -0.39 is 0 Å². The van der Waals surface area contributed by atoms with Crippen LogP contribution < -0.4 is 4.74 Å². The number of hydrogen-bond acceptors (Lipinski definition) is 4. The highest BCUT2D eigenvalue weighted by Gasteiger charge is 2.10. The number of nitrogens with zero attached hydrogens (tertiary/aromatic N) is 1. The van der Waals surface area contributed by atoms with Crippen molar-refractivity contribution in [3.05, 3.63) is 43.2 Å². The molecule has 116 valence electrons. The van der Waals surface area contributed by atoms with Gasteiger partial charge in [-0.05, 0) is 63.0 Å².